The van der Waals surface area contributed by atoms with Crippen molar-refractivity contribution in [3.05, 3.63) is 22.8 Å². The minimum Gasteiger partial charge on any atom is -0.478 e. The lowest BCUT2D eigenvalue weighted by molar-refractivity contribution is -0.158. The number of carboxylic acids is 2. The Balaban J connectivity index is 2.95. The first-order valence-corrected chi connectivity index (χ1v) is 4.49. The molecule has 2 atom stereocenters. The van der Waals surface area contributed by atoms with Gasteiger partial charge in [0, 0.05) is 0 Å². The predicted molar refractivity (Wildman–Crippen MR) is 44.2 cm³/mol. The summed E-state index contributed by atoms with van der Waals surface area (Å²) in [7, 11) is 0. The Morgan fingerprint density at radius 3 is 1.26 bits per heavy atom. The van der Waals surface area contributed by atoms with Crippen molar-refractivity contribution in [2.45, 2.75) is 17.3 Å². The van der Waals surface area contributed by atoms with Crippen LogP contribution in [0.3, 0.4) is 0 Å². The van der Waals surface area contributed by atoms with Crippen LogP contribution >= 0.6 is 0 Å². The van der Waals surface area contributed by atoms with E-state index < -0.39 is 52.0 Å². The number of fused-ring (bicyclic) bond motifs is 2. The molecule has 0 heterocycles. The Bertz CT molecular complexity index is 546. The van der Waals surface area contributed by atoms with Crippen LogP contribution in [-0.2, 0) is 9.59 Å². The van der Waals surface area contributed by atoms with Crippen molar-refractivity contribution in [3.63, 3.8) is 0 Å². The van der Waals surface area contributed by atoms with Gasteiger partial charge in [-0.3, -0.25) is 0 Å². The number of allylic oxidation sites excluding steroid dienone is 2. The molecule has 19 heavy (non-hydrogen) atoms. The molecule has 2 aliphatic rings. The Labute approximate surface area is 99.2 Å². The van der Waals surface area contributed by atoms with Crippen molar-refractivity contribution in [3.8, 4) is 0 Å². The summed E-state index contributed by atoms with van der Waals surface area (Å²) in [6.07, 6.45) is 0. The van der Waals surface area contributed by atoms with E-state index in [1.54, 1.807) is 0 Å². The Morgan fingerprint density at radius 1 is 0.789 bits per heavy atom. The van der Waals surface area contributed by atoms with Gasteiger partial charge in [0.2, 0.25) is 0 Å². The van der Waals surface area contributed by atoms with Gasteiger partial charge in [-0.15, -0.1) is 0 Å². The average Bonchev–Trinajstić information content (AvgIpc) is 2.48. The largest absolute Gasteiger partial charge is 0.478 e. The lowest BCUT2D eigenvalue weighted by Crippen LogP contribution is -2.49. The number of alkyl halides is 4. The zero-order chi connectivity index (χ0) is 15.0. The molecule has 0 aliphatic heterocycles. The minimum absolute atomic E-state index is 2.36. The van der Waals surface area contributed by atoms with Gasteiger partial charge in [0.1, 0.15) is 11.1 Å². The maximum absolute atomic E-state index is 13.9. The van der Waals surface area contributed by atoms with Gasteiger partial charge in [-0.1, -0.05) is 0 Å². The van der Waals surface area contributed by atoms with Crippen molar-refractivity contribution in [1.29, 1.82) is 0 Å². The summed E-state index contributed by atoms with van der Waals surface area (Å²) in [4.78, 5) is 21.2. The number of aliphatic carboxylic acids is 2. The molecule has 0 aromatic rings. The van der Waals surface area contributed by atoms with Crippen LogP contribution in [0.25, 0.3) is 0 Å². The van der Waals surface area contributed by atoms with E-state index in [2.05, 4.69) is 0 Å². The Hall–Kier alpha value is -2.00. The number of hydrogen-bond acceptors (Lipinski definition) is 2. The van der Waals surface area contributed by atoms with Crippen molar-refractivity contribution in [1.82, 2.24) is 0 Å². The monoisotopic (exact) mass is 288 g/mol. The predicted octanol–water partition coefficient (Wildman–Crippen LogP) is 1.68. The smallest absolute Gasteiger partial charge is 0.336 e. The van der Waals surface area contributed by atoms with E-state index >= 15 is 0 Å². The summed E-state index contributed by atoms with van der Waals surface area (Å²) in [6, 6.07) is 0. The molecule has 4 nitrogen and oxygen atoms in total. The molecule has 0 radical (unpaired) electrons. The summed E-state index contributed by atoms with van der Waals surface area (Å²) in [6.45, 7) is 0. The molecule has 0 amide bonds. The molecule has 2 bridgehead atoms. The van der Waals surface area contributed by atoms with Crippen molar-refractivity contribution >= 4 is 11.9 Å². The highest BCUT2D eigenvalue weighted by Gasteiger charge is 2.89. The molecule has 0 fully saturated rings. The molecule has 0 saturated carbocycles. The second-order valence-corrected chi connectivity index (χ2v) is 3.88. The third-order valence-electron chi connectivity index (χ3n) is 3.03. The molecular formula is C9H2F6O4. The fourth-order valence-corrected chi connectivity index (χ4v) is 2.20. The first-order valence-electron chi connectivity index (χ1n) is 4.49. The summed E-state index contributed by atoms with van der Waals surface area (Å²) < 4.78 is 80.9. The Morgan fingerprint density at radius 2 is 1.05 bits per heavy atom. The van der Waals surface area contributed by atoms with Gasteiger partial charge in [-0.2, -0.15) is 8.78 Å². The second kappa shape index (κ2) is 3.11. The van der Waals surface area contributed by atoms with Gasteiger partial charge in [0.05, 0.1) is 0 Å². The maximum atomic E-state index is 13.9. The Kier molecular flexibility index (Phi) is 2.20. The van der Waals surface area contributed by atoms with Crippen LogP contribution < -0.4 is 0 Å². The van der Waals surface area contributed by atoms with Crippen LogP contribution in [0.1, 0.15) is 0 Å². The van der Waals surface area contributed by atoms with Crippen molar-refractivity contribution < 1.29 is 46.1 Å². The molecular weight excluding hydrogens is 286 g/mol. The summed E-state index contributed by atoms with van der Waals surface area (Å²) >= 11 is 0. The van der Waals surface area contributed by atoms with E-state index in [0.717, 1.165) is 0 Å². The first kappa shape index (κ1) is 13.4. The highest BCUT2D eigenvalue weighted by molar-refractivity contribution is 6.06. The van der Waals surface area contributed by atoms with E-state index in [9.17, 15) is 35.9 Å². The fraction of sp³-hybridized carbons (Fsp3) is 0.333. The number of carbonyl (C=O) groups is 2. The molecule has 0 spiro atoms. The van der Waals surface area contributed by atoms with Gasteiger partial charge in [-0.25, -0.2) is 27.2 Å². The molecule has 2 rings (SSSR count). The van der Waals surface area contributed by atoms with Crippen LogP contribution in [0.2, 0.25) is 0 Å². The quantitative estimate of drug-likeness (QED) is 0.758. The molecule has 104 valence electrons. The number of hydrogen-bond donors (Lipinski definition) is 2. The van der Waals surface area contributed by atoms with Crippen LogP contribution in [0.15, 0.2) is 22.8 Å². The topological polar surface area (TPSA) is 74.6 Å². The standard InChI is InChI=1S/C9H2F6O4/c10-3-4(11)8(13)2(6(18)19)1(5(16)17)7(3,12)9(8,14)15/h(H,16,17)(H,18,19). The van der Waals surface area contributed by atoms with E-state index in [4.69, 9.17) is 10.2 Å². The van der Waals surface area contributed by atoms with Crippen LogP contribution in [0, 0.1) is 0 Å². The SMILES string of the molecule is O=C(O)C1=C(C(=O)O)C2(F)C(F)=C(F)C1(F)C2(F)F. The van der Waals surface area contributed by atoms with Crippen LogP contribution in [-0.4, -0.2) is 39.4 Å². The lowest BCUT2D eigenvalue weighted by atomic mass is 9.92. The van der Waals surface area contributed by atoms with Crippen molar-refractivity contribution in [2.24, 2.45) is 0 Å². The third-order valence-corrected chi connectivity index (χ3v) is 3.03. The molecule has 2 aliphatic carbocycles. The number of rotatable bonds is 2. The molecule has 0 aromatic carbocycles. The van der Waals surface area contributed by atoms with Gasteiger partial charge in [0.15, 0.2) is 11.7 Å². The first-order chi connectivity index (χ1) is 8.45. The number of halogens is 6. The van der Waals surface area contributed by atoms with Gasteiger partial charge in [-0.05, 0) is 0 Å². The van der Waals surface area contributed by atoms with Gasteiger partial charge < -0.3 is 10.2 Å². The normalized spacial score (nSPS) is 36.1. The summed E-state index contributed by atoms with van der Waals surface area (Å²) in [5.74, 6) is -16.7. The molecule has 0 aromatic heterocycles. The van der Waals surface area contributed by atoms with Gasteiger partial charge in [0.25, 0.3) is 11.3 Å². The highest BCUT2D eigenvalue weighted by Crippen LogP contribution is 2.69. The van der Waals surface area contributed by atoms with E-state index in [1.165, 1.54) is 0 Å². The zero-order valence-corrected chi connectivity index (χ0v) is 8.48. The lowest BCUT2D eigenvalue weighted by Gasteiger charge is -2.25. The summed E-state index contributed by atoms with van der Waals surface area (Å²) in [5.41, 5.74) is -14.7. The van der Waals surface area contributed by atoms with Crippen LogP contribution in [0.5, 0.6) is 0 Å². The van der Waals surface area contributed by atoms with Crippen molar-refractivity contribution in [2.75, 3.05) is 0 Å². The molecule has 2 N–H and O–H groups in total. The number of carboxylic acid groups (broad SMARTS) is 2. The zero-order valence-electron chi connectivity index (χ0n) is 8.48. The van der Waals surface area contributed by atoms with E-state index in [0.29, 0.717) is 0 Å². The summed E-state index contributed by atoms with van der Waals surface area (Å²) in [5, 5.41) is 17.0. The van der Waals surface area contributed by atoms with Crippen LogP contribution in [0.4, 0.5) is 26.3 Å². The van der Waals surface area contributed by atoms with Gasteiger partial charge >= 0.3 is 17.9 Å². The maximum Gasteiger partial charge on any atom is 0.336 e. The highest BCUT2D eigenvalue weighted by atomic mass is 19.3. The fourth-order valence-electron chi connectivity index (χ4n) is 2.20. The third kappa shape index (κ3) is 1.00. The van der Waals surface area contributed by atoms with E-state index in [-0.39, 0.29) is 0 Å². The van der Waals surface area contributed by atoms with E-state index in [1.807, 2.05) is 0 Å². The second-order valence-electron chi connectivity index (χ2n) is 3.88. The minimum atomic E-state index is -5.55. The average molecular weight is 288 g/mol. The molecule has 10 heteroatoms. The molecule has 0 saturated heterocycles. The molecule has 2 unspecified atom stereocenters.